The molecule has 0 aliphatic carbocycles. The lowest BCUT2D eigenvalue weighted by Crippen LogP contribution is -2.31. The molecule has 0 aromatic carbocycles. The molecule has 41 heavy (non-hydrogen) atoms. The van der Waals surface area contributed by atoms with E-state index in [0.717, 1.165) is 78.0 Å². The van der Waals surface area contributed by atoms with Crippen molar-refractivity contribution in [1.29, 1.82) is 0 Å². The van der Waals surface area contributed by atoms with Gasteiger partial charge in [0.15, 0.2) is 0 Å². The summed E-state index contributed by atoms with van der Waals surface area (Å²) in [4.78, 5) is 27.8. The van der Waals surface area contributed by atoms with Gasteiger partial charge in [-0.2, -0.15) is 0 Å². The molecule has 1 fully saturated rings. The molecule has 2 aliphatic heterocycles. The summed E-state index contributed by atoms with van der Waals surface area (Å²) >= 11 is 0. The van der Waals surface area contributed by atoms with Crippen molar-refractivity contribution in [2.24, 2.45) is 18.0 Å². The van der Waals surface area contributed by atoms with Crippen LogP contribution in [-0.2, 0) is 24.8 Å². The third-order valence-corrected chi connectivity index (χ3v) is 7.35. The number of aryl methyl sites for hydroxylation is 1. The van der Waals surface area contributed by atoms with E-state index in [-0.39, 0.29) is 5.56 Å². The number of ether oxygens (including phenoxy) is 1. The van der Waals surface area contributed by atoms with Gasteiger partial charge in [0.05, 0.1) is 13.2 Å². The van der Waals surface area contributed by atoms with Crippen LogP contribution >= 0.6 is 0 Å². The van der Waals surface area contributed by atoms with Gasteiger partial charge in [-0.1, -0.05) is 40.2 Å². The summed E-state index contributed by atoms with van der Waals surface area (Å²) in [7, 11) is 3.52. The standard InChI is InChI=1S/C25H31N5O.C6H12O.C3H8/c1-16(8-10-26-6)21-13-22-15-30(11-9-23(22)27-14-21)20(5)18(3)19(4)25-28-17(2)12-24(31)29(25)7;1-2-3-6-4-7-5-6;1-3-2/h8,10,12-14H,5,9,11,15H2,1-4,6-7H3;6H,2-5H2,1H3;3H2,1-2H3/b16-8+,19-18-,26-10?;;. The van der Waals surface area contributed by atoms with E-state index in [4.69, 9.17) is 9.72 Å². The van der Waals surface area contributed by atoms with E-state index in [1.807, 2.05) is 33.0 Å². The highest BCUT2D eigenvalue weighted by atomic mass is 16.5. The van der Waals surface area contributed by atoms with Crippen LogP contribution in [0.25, 0.3) is 11.1 Å². The second-order valence-corrected chi connectivity index (χ2v) is 11.0. The lowest BCUT2D eigenvalue weighted by molar-refractivity contribution is -0.0356. The third-order valence-electron chi connectivity index (χ3n) is 7.35. The van der Waals surface area contributed by atoms with Crippen molar-refractivity contribution < 1.29 is 4.74 Å². The molecule has 2 aliphatic rings. The van der Waals surface area contributed by atoms with Crippen LogP contribution in [0.1, 0.15) is 89.1 Å². The highest BCUT2D eigenvalue weighted by Crippen LogP contribution is 2.28. The molecule has 0 unspecified atom stereocenters. The van der Waals surface area contributed by atoms with E-state index in [1.165, 1.54) is 24.8 Å². The summed E-state index contributed by atoms with van der Waals surface area (Å²) in [5.74, 6) is 1.59. The van der Waals surface area contributed by atoms with E-state index in [9.17, 15) is 4.79 Å². The molecular weight excluding hydrogens is 510 g/mol. The molecule has 0 spiro atoms. The molecule has 224 valence electrons. The highest BCUT2D eigenvalue weighted by Gasteiger charge is 2.21. The van der Waals surface area contributed by atoms with Gasteiger partial charge in [-0.3, -0.25) is 19.3 Å². The Bertz CT molecular complexity index is 1310. The van der Waals surface area contributed by atoms with Crippen molar-refractivity contribution >= 4 is 17.4 Å². The van der Waals surface area contributed by atoms with Crippen molar-refractivity contribution in [3.05, 3.63) is 80.9 Å². The molecule has 0 amide bonds. The monoisotopic (exact) mass is 561 g/mol. The van der Waals surface area contributed by atoms with E-state index in [0.29, 0.717) is 5.82 Å². The molecule has 2 aromatic rings. The number of aromatic nitrogens is 3. The van der Waals surface area contributed by atoms with Crippen molar-refractivity contribution in [3.8, 4) is 0 Å². The molecule has 0 N–H and O–H groups in total. The van der Waals surface area contributed by atoms with Crippen molar-refractivity contribution in [2.75, 3.05) is 26.8 Å². The Kier molecular flexibility index (Phi) is 13.9. The van der Waals surface area contributed by atoms with E-state index >= 15 is 0 Å². The third kappa shape index (κ3) is 9.63. The minimum Gasteiger partial charge on any atom is -0.381 e. The first kappa shape index (κ1) is 33.9. The molecule has 0 saturated carbocycles. The summed E-state index contributed by atoms with van der Waals surface area (Å²) in [5, 5.41) is 0. The maximum atomic E-state index is 12.2. The van der Waals surface area contributed by atoms with Gasteiger partial charge >= 0.3 is 0 Å². The molecule has 1 saturated heterocycles. The average molecular weight is 562 g/mol. The van der Waals surface area contributed by atoms with E-state index in [1.54, 1.807) is 30.9 Å². The van der Waals surface area contributed by atoms with Crippen molar-refractivity contribution in [1.82, 2.24) is 19.4 Å². The Morgan fingerprint density at radius 2 is 1.88 bits per heavy atom. The topological polar surface area (TPSA) is 72.6 Å². The number of fused-ring (bicyclic) bond motifs is 1. The Hall–Kier alpha value is -3.32. The van der Waals surface area contributed by atoms with Gasteiger partial charge in [0, 0.05) is 75.1 Å². The van der Waals surface area contributed by atoms with Crippen molar-refractivity contribution in [3.63, 3.8) is 0 Å². The fourth-order valence-corrected chi connectivity index (χ4v) is 4.63. The molecule has 7 nitrogen and oxygen atoms in total. The van der Waals surface area contributed by atoms with Gasteiger partial charge in [0.2, 0.25) is 0 Å². The maximum absolute atomic E-state index is 12.2. The molecule has 4 heterocycles. The van der Waals surface area contributed by atoms with Crippen LogP contribution in [0.4, 0.5) is 0 Å². The Morgan fingerprint density at radius 3 is 2.44 bits per heavy atom. The average Bonchev–Trinajstić information content (AvgIpc) is 2.94. The van der Waals surface area contributed by atoms with Gasteiger partial charge in [-0.15, -0.1) is 0 Å². The maximum Gasteiger partial charge on any atom is 0.253 e. The van der Waals surface area contributed by atoms with Crippen LogP contribution in [0, 0.1) is 12.8 Å². The van der Waals surface area contributed by atoms with Gasteiger partial charge in [-0.25, -0.2) is 4.98 Å². The zero-order chi connectivity index (χ0) is 30.5. The molecule has 0 radical (unpaired) electrons. The lowest BCUT2D eigenvalue weighted by Gasteiger charge is -2.33. The first-order valence-electron chi connectivity index (χ1n) is 14.9. The zero-order valence-electron chi connectivity index (χ0n) is 26.9. The number of rotatable bonds is 7. The summed E-state index contributed by atoms with van der Waals surface area (Å²) < 4.78 is 6.58. The first-order chi connectivity index (χ1) is 19.6. The van der Waals surface area contributed by atoms with Gasteiger partial charge in [0.25, 0.3) is 5.56 Å². The summed E-state index contributed by atoms with van der Waals surface area (Å²) in [6, 6.07) is 3.77. The summed E-state index contributed by atoms with van der Waals surface area (Å²) in [6.45, 7) is 22.5. The van der Waals surface area contributed by atoms with Gasteiger partial charge < -0.3 is 9.64 Å². The highest BCUT2D eigenvalue weighted by molar-refractivity contribution is 5.83. The molecule has 4 rings (SSSR count). The van der Waals surface area contributed by atoms with Gasteiger partial charge in [-0.05, 0) is 74.1 Å². The van der Waals surface area contributed by atoms with E-state index < -0.39 is 0 Å². The smallest absolute Gasteiger partial charge is 0.253 e. The second-order valence-electron chi connectivity index (χ2n) is 11.0. The zero-order valence-corrected chi connectivity index (χ0v) is 26.9. The van der Waals surface area contributed by atoms with E-state index in [2.05, 4.69) is 55.2 Å². The predicted molar refractivity (Wildman–Crippen MR) is 173 cm³/mol. The van der Waals surface area contributed by atoms with Crippen LogP contribution in [0.3, 0.4) is 0 Å². The Labute approximate surface area is 247 Å². The van der Waals surface area contributed by atoms with Crippen LogP contribution in [0.2, 0.25) is 0 Å². The fraction of sp³-hybridized carbons (Fsp3) is 0.529. The molecule has 2 aromatic heterocycles. The van der Waals surface area contributed by atoms with Crippen LogP contribution < -0.4 is 5.56 Å². The number of aliphatic imine (C=N–C) groups is 1. The largest absolute Gasteiger partial charge is 0.381 e. The van der Waals surface area contributed by atoms with Crippen molar-refractivity contribution in [2.45, 2.75) is 80.7 Å². The Balaban J connectivity index is 0.000000498. The fourth-order valence-electron chi connectivity index (χ4n) is 4.63. The van der Waals surface area contributed by atoms with Crippen LogP contribution in [-0.4, -0.2) is 52.5 Å². The quantitative estimate of drug-likeness (QED) is 0.275. The predicted octanol–water partition coefficient (Wildman–Crippen LogP) is 6.80. The summed E-state index contributed by atoms with van der Waals surface area (Å²) in [5.41, 5.74) is 8.22. The molecular formula is C34H51N5O2. The number of hydrogen-bond donors (Lipinski definition) is 0. The first-order valence-corrected chi connectivity index (χ1v) is 14.9. The molecule has 0 atom stereocenters. The number of hydrogen-bond acceptors (Lipinski definition) is 6. The minimum absolute atomic E-state index is 0.0534. The lowest BCUT2D eigenvalue weighted by atomic mass is 9.99. The van der Waals surface area contributed by atoms with Gasteiger partial charge in [0.1, 0.15) is 5.82 Å². The van der Waals surface area contributed by atoms with Crippen LogP contribution in [0.5, 0.6) is 0 Å². The Morgan fingerprint density at radius 1 is 1.20 bits per heavy atom. The second kappa shape index (κ2) is 16.8. The molecule has 0 bridgehead atoms. The molecule has 7 heteroatoms. The normalized spacial score (nSPS) is 15.6. The number of allylic oxidation sites excluding steroid dienone is 4. The van der Waals surface area contributed by atoms with Crippen LogP contribution in [0.15, 0.2) is 52.0 Å². The minimum atomic E-state index is -0.0534. The SMILES string of the molecule is C=C(/C(C)=C(/C)c1nc(C)cc(=O)n1C)N1CCc2ncc(/C(C)=C/C=NC)cc2C1.CCC.CCCC1COC1. The summed E-state index contributed by atoms with van der Waals surface area (Å²) in [6.07, 6.45) is 10.5. The number of pyridine rings is 1. The number of nitrogens with zero attached hydrogens (tertiary/aromatic N) is 5.